The minimum atomic E-state index is -4.74. The lowest BCUT2D eigenvalue weighted by atomic mass is 10.0. The zero-order valence-electron chi connectivity index (χ0n) is 38.7. The van der Waals surface area contributed by atoms with Crippen molar-refractivity contribution in [1.29, 1.82) is 0 Å². The largest absolute Gasteiger partial charge is 0.480 e. The number of phosphoric ester groups is 1. The quantitative estimate of drug-likeness (QED) is 0.0230. The second-order valence-electron chi connectivity index (χ2n) is 15.9. The summed E-state index contributed by atoms with van der Waals surface area (Å²) in [4.78, 5) is 46.1. The first-order valence-corrected chi connectivity index (χ1v) is 25.5. The van der Waals surface area contributed by atoms with Gasteiger partial charge in [-0.05, 0) is 77.0 Å². The monoisotopic (exact) mass is 892 g/mol. The number of esters is 2. The van der Waals surface area contributed by atoms with Crippen LogP contribution in [-0.4, -0.2) is 59.9 Å². The van der Waals surface area contributed by atoms with Crippen LogP contribution in [0.5, 0.6) is 0 Å². The number of hydrogen-bond acceptors (Lipinski definition) is 9. The fraction of sp³-hybridized carbons (Fsp3) is 0.700. The van der Waals surface area contributed by atoms with Crippen molar-refractivity contribution in [2.45, 2.75) is 206 Å². The number of ether oxygens (including phenoxy) is 2. The third kappa shape index (κ3) is 43.6. The Morgan fingerprint density at radius 1 is 0.516 bits per heavy atom. The van der Waals surface area contributed by atoms with E-state index < -0.39 is 51.1 Å². The first-order chi connectivity index (χ1) is 30.1. The van der Waals surface area contributed by atoms with Crippen LogP contribution in [0.25, 0.3) is 0 Å². The molecule has 12 heteroatoms. The van der Waals surface area contributed by atoms with Crippen LogP contribution in [0.3, 0.4) is 0 Å². The number of carbonyl (C=O) groups excluding carboxylic acids is 2. The fourth-order valence-corrected chi connectivity index (χ4v) is 6.99. The Morgan fingerprint density at radius 2 is 0.919 bits per heavy atom. The molecule has 0 fully saturated rings. The highest BCUT2D eigenvalue weighted by molar-refractivity contribution is 7.47. The highest BCUT2D eigenvalue weighted by Crippen LogP contribution is 2.43. The summed E-state index contributed by atoms with van der Waals surface area (Å²) in [5, 5.41) is 8.91. The van der Waals surface area contributed by atoms with Gasteiger partial charge in [0.2, 0.25) is 0 Å². The van der Waals surface area contributed by atoms with Gasteiger partial charge in [0.1, 0.15) is 12.6 Å². The number of carboxylic acids is 1. The topological polar surface area (TPSA) is 172 Å². The lowest BCUT2D eigenvalue weighted by molar-refractivity contribution is -0.161. The Hall–Kier alpha value is -3.08. The van der Waals surface area contributed by atoms with Crippen LogP contribution in [0.15, 0.2) is 72.9 Å². The highest BCUT2D eigenvalue weighted by atomic mass is 31.2. The summed E-state index contributed by atoms with van der Waals surface area (Å²) in [6.45, 7) is 2.64. The van der Waals surface area contributed by atoms with E-state index in [0.29, 0.717) is 19.3 Å². The number of hydrogen-bond donors (Lipinski definition) is 3. The second-order valence-corrected chi connectivity index (χ2v) is 17.3. The molecule has 0 bridgehead atoms. The van der Waals surface area contributed by atoms with Crippen molar-refractivity contribution < 1.29 is 47.5 Å². The molecule has 0 rings (SSSR count). The maximum absolute atomic E-state index is 12.7. The molecule has 0 aromatic carbocycles. The van der Waals surface area contributed by atoms with E-state index in [1.54, 1.807) is 0 Å². The Labute approximate surface area is 376 Å². The molecular formula is C50H86NO10P. The number of aliphatic carboxylic acids is 1. The van der Waals surface area contributed by atoms with E-state index in [2.05, 4.69) is 79.1 Å². The molecule has 0 aromatic heterocycles. The predicted octanol–water partition coefficient (Wildman–Crippen LogP) is 13.3. The Bertz CT molecular complexity index is 1320. The van der Waals surface area contributed by atoms with Crippen molar-refractivity contribution in [2.75, 3.05) is 19.8 Å². The van der Waals surface area contributed by atoms with Crippen LogP contribution in [0.2, 0.25) is 0 Å². The molecule has 3 atom stereocenters. The average molecular weight is 892 g/mol. The van der Waals surface area contributed by atoms with Crippen molar-refractivity contribution >= 4 is 25.7 Å². The molecule has 0 spiro atoms. The minimum Gasteiger partial charge on any atom is -0.480 e. The number of unbranched alkanes of at least 4 members (excludes halogenated alkanes) is 18. The number of rotatable bonds is 44. The maximum atomic E-state index is 12.7. The molecule has 0 aliphatic carbocycles. The van der Waals surface area contributed by atoms with Crippen molar-refractivity contribution in [2.24, 2.45) is 5.73 Å². The maximum Gasteiger partial charge on any atom is 0.472 e. The van der Waals surface area contributed by atoms with Crippen LogP contribution in [0, 0.1) is 0 Å². The van der Waals surface area contributed by atoms with Gasteiger partial charge in [0.05, 0.1) is 13.2 Å². The number of carboxylic acid groups (broad SMARTS) is 1. The highest BCUT2D eigenvalue weighted by Gasteiger charge is 2.28. The van der Waals surface area contributed by atoms with Gasteiger partial charge in [0.25, 0.3) is 0 Å². The van der Waals surface area contributed by atoms with E-state index in [9.17, 15) is 23.8 Å². The van der Waals surface area contributed by atoms with Crippen LogP contribution in [-0.2, 0) is 37.5 Å². The molecule has 11 nitrogen and oxygen atoms in total. The molecule has 62 heavy (non-hydrogen) atoms. The van der Waals surface area contributed by atoms with Crippen LogP contribution in [0.4, 0.5) is 0 Å². The lowest BCUT2D eigenvalue weighted by Crippen LogP contribution is -2.34. The van der Waals surface area contributed by atoms with E-state index in [1.807, 2.05) is 12.2 Å². The fourth-order valence-electron chi connectivity index (χ4n) is 6.21. The van der Waals surface area contributed by atoms with Gasteiger partial charge in [0, 0.05) is 12.8 Å². The summed E-state index contributed by atoms with van der Waals surface area (Å²) < 4.78 is 32.7. The molecule has 0 saturated heterocycles. The zero-order valence-corrected chi connectivity index (χ0v) is 39.6. The molecule has 0 radical (unpaired) electrons. The molecule has 0 aliphatic rings. The SMILES string of the molecule is CC/C=C\C/C=C\C/C=C\C/C=C\C/C=C\CCCC(=O)OC[C@H](COP(=O)(O)OC[C@H](N)C(=O)O)OC(=O)CCCCCCCCCCCCC/C=C\CCCCCCCC. The molecule has 356 valence electrons. The first kappa shape index (κ1) is 58.9. The van der Waals surface area contributed by atoms with E-state index in [-0.39, 0.29) is 19.4 Å². The predicted molar refractivity (Wildman–Crippen MR) is 254 cm³/mol. The van der Waals surface area contributed by atoms with Gasteiger partial charge < -0.3 is 25.2 Å². The lowest BCUT2D eigenvalue weighted by Gasteiger charge is -2.20. The van der Waals surface area contributed by atoms with E-state index in [0.717, 1.165) is 51.4 Å². The zero-order chi connectivity index (χ0) is 45.6. The van der Waals surface area contributed by atoms with Crippen molar-refractivity contribution in [1.82, 2.24) is 0 Å². The standard InChI is InChI=1S/C50H86NO10P/c1-3-5-7-9-11-13-15-17-19-21-22-23-24-26-28-30-32-34-36-38-40-42-49(53)61-46(44-59-62(56,57)60-45-47(51)50(54)55)43-58-48(52)41-39-37-35-33-31-29-27-25-20-18-16-14-12-10-8-6-4-2/h6,8,12,14,17-20,27,29,33,35,46-47H,3-5,7,9-11,13,15-16,21-26,28,30-32,34,36-45,51H2,1-2H3,(H,54,55)(H,56,57)/b8-6-,14-12-,19-17-,20-18-,29-27-,35-33-/t46-,47+/m1/s1. The Morgan fingerprint density at radius 3 is 1.42 bits per heavy atom. The van der Waals surface area contributed by atoms with E-state index in [4.69, 9.17) is 24.8 Å². The molecular weight excluding hydrogens is 806 g/mol. The van der Waals surface area contributed by atoms with Gasteiger partial charge in [-0.15, -0.1) is 0 Å². The van der Waals surface area contributed by atoms with Crippen LogP contribution < -0.4 is 5.73 Å². The summed E-state index contributed by atoms with van der Waals surface area (Å²) >= 11 is 0. The smallest absolute Gasteiger partial charge is 0.472 e. The van der Waals surface area contributed by atoms with Crippen LogP contribution >= 0.6 is 7.82 Å². The minimum absolute atomic E-state index is 0.141. The molecule has 0 saturated carbocycles. The van der Waals surface area contributed by atoms with Crippen LogP contribution in [0.1, 0.15) is 194 Å². The summed E-state index contributed by atoms with van der Waals surface area (Å²) in [5.41, 5.74) is 5.34. The van der Waals surface area contributed by atoms with Gasteiger partial charge in [-0.25, -0.2) is 4.57 Å². The Balaban J connectivity index is 4.36. The third-order valence-electron chi connectivity index (χ3n) is 9.94. The third-order valence-corrected chi connectivity index (χ3v) is 10.9. The molecule has 0 heterocycles. The molecule has 0 aliphatic heterocycles. The van der Waals surface area contributed by atoms with Crippen molar-refractivity contribution in [3.8, 4) is 0 Å². The molecule has 4 N–H and O–H groups in total. The summed E-state index contributed by atoms with van der Waals surface area (Å²) in [6, 6.07) is -1.53. The molecule has 0 aromatic rings. The number of allylic oxidation sites excluding steroid dienone is 12. The normalized spacial score (nSPS) is 14.3. The van der Waals surface area contributed by atoms with Crippen molar-refractivity contribution in [3.63, 3.8) is 0 Å². The number of carbonyl (C=O) groups is 3. The van der Waals surface area contributed by atoms with E-state index in [1.165, 1.54) is 96.3 Å². The van der Waals surface area contributed by atoms with Gasteiger partial charge >= 0.3 is 25.7 Å². The Kier molecular flexibility index (Phi) is 42.3. The average Bonchev–Trinajstić information content (AvgIpc) is 3.25. The second kappa shape index (κ2) is 44.5. The van der Waals surface area contributed by atoms with Gasteiger partial charge in [-0.2, -0.15) is 0 Å². The number of nitrogens with two attached hydrogens (primary N) is 1. The van der Waals surface area contributed by atoms with Gasteiger partial charge in [-0.1, -0.05) is 177 Å². The summed E-state index contributed by atoms with van der Waals surface area (Å²) in [5.74, 6) is -2.46. The molecule has 1 unspecified atom stereocenters. The summed E-state index contributed by atoms with van der Waals surface area (Å²) in [6.07, 6.45) is 54.0. The van der Waals surface area contributed by atoms with Gasteiger partial charge in [0.15, 0.2) is 6.10 Å². The van der Waals surface area contributed by atoms with E-state index >= 15 is 0 Å². The number of phosphoric acid groups is 1. The van der Waals surface area contributed by atoms with Crippen molar-refractivity contribution in [3.05, 3.63) is 72.9 Å². The summed E-state index contributed by atoms with van der Waals surface area (Å²) in [7, 11) is -4.74. The molecule has 0 amide bonds. The first-order valence-electron chi connectivity index (χ1n) is 24.0. The van der Waals surface area contributed by atoms with Gasteiger partial charge in [-0.3, -0.25) is 23.4 Å².